The summed E-state index contributed by atoms with van der Waals surface area (Å²) in [5, 5.41) is 0. The van der Waals surface area contributed by atoms with Crippen molar-refractivity contribution in [1.82, 2.24) is 0 Å². The van der Waals surface area contributed by atoms with Gasteiger partial charge in [0, 0.05) is 5.56 Å². The summed E-state index contributed by atoms with van der Waals surface area (Å²) < 4.78 is 9.33. The molecule has 0 aromatic heterocycles. The predicted octanol–water partition coefficient (Wildman–Crippen LogP) is 0.378. The molecule has 0 spiro atoms. The molecule has 0 aliphatic rings. The van der Waals surface area contributed by atoms with Gasteiger partial charge in [0.05, 0.1) is 14.2 Å². The molecule has 86 valence electrons. The van der Waals surface area contributed by atoms with Gasteiger partial charge in [-0.2, -0.15) is 0 Å². The van der Waals surface area contributed by atoms with Crippen molar-refractivity contribution < 1.29 is 19.1 Å². The van der Waals surface area contributed by atoms with Gasteiger partial charge in [0.25, 0.3) is 0 Å². The number of ketones is 1. The number of carbonyl (C=O) groups is 2. The Labute approximate surface area is 93.1 Å². The second-order valence-corrected chi connectivity index (χ2v) is 3.09. The van der Waals surface area contributed by atoms with E-state index in [1.54, 1.807) is 24.3 Å². The van der Waals surface area contributed by atoms with Crippen LogP contribution in [0.15, 0.2) is 24.3 Å². The van der Waals surface area contributed by atoms with Crippen LogP contribution in [0.2, 0.25) is 0 Å². The zero-order valence-corrected chi connectivity index (χ0v) is 9.10. The number of nitrogens with two attached hydrogens (primary N) is 1. The van der Waals surface area contributed by atoms with Gasteiger partial charge in [0.1, 0.15) is 5.75 Å². The summed E-state index contributed by atoms with van der Waals surface area (Å²) >= 11 is 0. The lowest BCUT2D eigenvalue weighted by Crippen LogP contribution is -2.39. The summed E-state index contributed by atoms with van der Waals surface area (Å²) in [6.45, 7) is 0. The number of carbonyl (C=O) groups excluding carboxylic acids is 2. The fourth-order valence-electron chi connectivity index (χ4n) is 1.17. The number of rotatable bonds is 4. The van der Waals surface area contributed by atoms with Crippen molar-refractivity contribution in [3.63, 3.8) is 0 Å². The largest absolute Gasteiger partial charge is 0.497 e. The second-order valence-electron chi connectivity index (χ2n) is 3.09. The van der Waals surface area contributed by atoms with E-state index in [4.69, 9.17) is 10.5 Å². The molecule has 0 unspecified atom stereocenters. The van der Waals surface area contributed by atoms with Crippen molar-refractivity contribution >= 4 is 11.8 Å². The minimum absolute atomic E-state index is 0.346. The minimum Gasteiger partial charge on any atom is -0.497 e. The molecule has 5 heteroatoms. The summed E-state index contributed by atoms with van der Waals surface area (Å²) in [4.78, 5) is 22.7. The molecule has 16 heavy (non-hydrogen) atoms. The minimum atomic E-state index is -1.28. The van der Waals surface area contributed by atoms with E-state index in [1.165, 1.54) is 14.2 Å². The molecule has 1 aromatic rings. The topological polar surface area (TPSA) is 78.6 Å². The van der Waals surface area contributed by atoms with E-state index in [9.17, 15) is 9.59 Å². The third-order valence-electron chi connectivity index (χ3n) is 2.11. The summed E-state index contributed by atoms with van der Waals surface area (Å²) in [6, 6.07) is 5.06. The Morgan fingerprint density at radius 3 is 2.19 bits per heavy atom. The highest BCUT2D eigenvalue weighted by Gasteiger charge is 2.23. The first-order chi connectivity index (χ1) is 7.60. The molecule has 0 radical (unpaired) electrons. The second kappa shape index (κ2) is 5.27. The van der Waals surface area contributed by atoms with Gasteiger partial charge in [0.15, 0.2) is 11.8 Å². The molecular weight excluding hydrogens is 210 g/mol. The van der Waals surface area contributed by atoms with Crippen LogP contribution in [0.3, 0.4) is 0 Å². The maximum atomic E-state index is 11.7. The standard InChI is InChI=1S/C11H13NO4/c1-15-8-5-3-7(4-6-8)10(13)9(12)11(14)16-2/h3-6,9H,12H2,1-2H3/t9-/m1/s1. The third-order valence-corrected chi connectivity index (χ3v) is 2.11. The van der Waals surface area contributed by atoms with Crippen molar-refractivity contribution in [2.24, 2.45) is 5.73 Å². The molecule has 0 aliphatic carbocycles. The zero-order valence-electron chi connectivity index (χ0n) is 9.10. The molecule has 0 amide bonds. The van der Waals surface area contributed by atoms with Gasteiger partial charge in [-0.1, -0.05) is 0 Å². The van der Waals surface area contributed by atoms with Crippen LogP contribution in [0.25, 0.3) is 0 Å². The normalized spacial score (nSPS) is 11.7. The Morgan fingerprint density at radius 2 is 1.75 bits per heavy atom. The molecule has 1 rings (SSSR count). The summed E-state index contributed by atoms with van der Waals surface area (Å²) in [7, 11) is 2.71. The molecule has 1 aromatic carbocycles. The smallest absolute Gasteiger partial charge is 0.330 e. The molecule has 0 bridgehead atoms. The molecule has 0 fully saturated rings. The van der Waals surface area contributed by atoms with Crippen molar-refractivity contribution in [2.75, 3.05) is 14.2 Å². The molecule has 0 aliphatic heterocycles. The van der Waals surface area contributed by atoms with E-state index in [1.807, 2.05) is 0 Å². The SMILES string of the molecule is COC(=O)[C@H](N)C(=O)c1ccc(OC)cc1. The van der Waals surface area contributed by atoms with Gasteiger partial charge >= 0.3 is 5.97 Å². The van der Waals surface area contributed by atoms with Gasteiger partial charge in [-0.15, -0.1) is 0 Å². The van der Waals surface area contributed by atoms with Crippen LogP contribution in [-0.4, -0.2) is 32.0 Å². The summed E-state index contributed by atoms with van der Waals surface area (Å²) in [6.07, 6.45) is 0. The van der Waals surface area contributed by atoms with Crippen LogP contribution >= 0.6 is 0 Å². The van der Waals surface area contributed by atoms with Crippen molar-refractivity contribution in [3.8, 4) is 5.75 Å². The van der Waals surface area contributed by atoms with E-state index in [0.717, 1.165) is 0 Å². The van der Waals surface area contributed by atoms with Crippen LogP contribution in [0.4, 0.5) is 0 Å². The van der Waals surface area contributed by atoms with Crippen molar-refractivity contribution in [2.45, 2.75) is 6.04 Å². The monoisotopic (exact) mass is 223 g/mol. The van der Waals surface area contributed by atoms with Crippen LogP contribution in [0.5, 0.6) is 5.75 Å². The number of esters is 1. The average molecular weight is 223 g/mol. The quantitative estimate of drug-likeness (QED) is 0.453. The van der Waals surface area contributed by atoms with E-state index < -0.39 is 17.8 Å². The van der Waals surface area contributed by atoms with Gasteiger partial charge < -0.3 is 15.2 Å². The van der Waals surface area contributed by atoms with E-state index >= 15 is 0 Å². The van der Waals surface area contributed by atoms with Crippen LogP contribution in [0, 0.1) is 0 Å². The maximum absolute atomic E-state index is 11.7. The van der Waals surface area contributed by atoms with Crippen molar-refractivity contribution in [1.29, 1.82) is 0 Å². The Bertz CT molecular complexity index is 385. The van der Waals surface area contributed by atoms with Gasteiger partial charge in [-0.25, -0.2) is 4.79 Å². The third kappa shape index (κ3) is 2.58. The number of ether oxygens (including phenoxy) is 2. The van der Waals surface area contributed by atoms with Crippen molar-refractivity contribution in [3.05, 3.63) is 29.8 Å². The zero-order chi connectivity index (χ0) is 12.1. The number of hydrogen-bond donors (Lipinski definition) is 1. The fraction of sp³-hybridized carbons (Fsp3) is 0.273. The number of methoxy groups -OCH3 is 2. The molecule has 1 atom stereocenters. The summed E-state index contributed by atoms with van der Waals surface area (Å²) in [5.41, 5.74) is 5.76. The van der Waals surface area contributed by atoms with Gasteiger partial charge in [0.2, 0.25) is 0 Å². The van der Waals surface area contributed by atoms with Crippen LogP contribution in [0.1, 0.15) is 10.4 Å². The molecule has 2 N–H and O–H groups in total. The first-order valence-electron chi connectivity index (χ1n) is 4.62. The molecule has 0 saturated heterocycles. The van der Waals surface area contributed by atoms with E-state index in [-0.39, 0.29) is 0 Å². The maximum Gasteiger partial charge on any atom is 0.330 e. The Balaban J connectivity index is 2.84. The first-order valence-corrected chi connectivity index (χ1v) is 4.62. The lowest BCUT2D eigenvalue weighted by atomic mass is 10.1. The Hall–Kier alpha value is -1.88. The predicted molar refractivity (Wildman–Crippen MR) is 57.3 cm³/mol. The molecular formula is C11H13NO4. The Kier molecular flexibility index (Phi) is 4.02. The number of benzene rings is 1. The number of Topliss-reactive ketones (excluding diaryl/α,β-unsaturated/α-hetero) is 1. The fourth-order valence-corrected chi connectivity index (χ4v) is 1.17. The first kappa shape index (κ1) is 12.2. The van der Waals surface area contributed by atoms with Crippen LogP contribution in [-0.2, 0) is 9.53 Å². The highest BCUT2D eigenvalue weighted by molar-refractivity contribution is 6.11. The molecule has 0 heterocycles. The average Bonchev–Trinajstić information content (AvgIpc) is 2.36. The number of hydrogen-bond acceptors (Lipinski definition) is 5. The summed E-state index contributed by atoms with van der Waals surface area (Å²) in [5.74, 6) is -0.599. The molecule has 0 saturated carbocycles. The highest BCUT2D eigenvalue weighted by Crippen LogP contribution is 2.12. The van der Waals surface area contributed by atoms with E-state index in [2.05, 4.69) is 4.74 Å². The molecule has 5 nitrogen and oxygen atoms in total. The van der Waals surface area contributed by atoms with Gasteiger partial charge in [-0.3, -0.25) is 4.79 Å². The van der Waals surface area contributed by atoms with E-state index in [0.29, 0.717) is 11.3 Å². The lowest BCUT2D eigenvalue weighted by molar-refractivity contribution is -0.140. The highest BCUT2D eigenvalue weighted by atomic mass is 16.5. The van der Waals surface area contributed by atoms with Crippen LogP contribution < -0.4 is 10.5 Å². The Morgan fingerprint density at radius 1 is 1.19 bits per heavy atom. The lowest BCUT2D eigenvalue weighted by Gasteiger charge is -2.08. The van der Waals surface area contributed by atoms with Gasteiger partial charge in [-0.05, 0) is 24.3 Å².